The molecule has 3 N–H and O–H groups in total. The van der Waals surface area contributed by atoms with Crippen LogP contribution in [-0.4, -0.2) is 54.3 Å². The fourth-order valence-electron chi connectivity index (χ4n) is 5.86. The summed E-state index contributed by atoms with van der Waals surface area (Å²) in [5.41, 5.74) is 0. The van der Waals surface area contributed by atoms with Crippen molar-refractivity contribution in [1.82, 2.24) is 5.32 Å². The van der Waals surface area contributed by atoms with Crippen molar-refractivity contribution < 1.29 is 37.9 Å². The van der Waals surface area contributed by atoms with Gasteiger partial charge in [-0.05, 0) is 70.6 Å². The molecule has 0 aliphatic rings. The molecule has 0 radical (unpaired) electrons. The van der Waals surface area contributed by atoms with Crippen molar-refractivity contribution >= 4 is 19.7 Å². The molecule has 1 amide bonds. The first kappa shape index (κ1) is 53.0. The largest absolute Gasteiger partial charge is 0.472 e. The normalized spacial score (nSPS) is 13.7. The van der Waals surface area contributed by atoms with Crippen molar-refractivity contribution in [2.75, 3.05) is 26.4 Å². The van der Waals surface area contributed by atoms with Crippen LogP contribution in [0.2, 0.25) is 0 Å². The zero-order valence-corrected chi connectivity index (χ0v) is 36.0. The van der Waals surface area contributed by atoms with E-state index in [1.165, 1.54) is 89.9 Å². The summed E-state index contributed by atoms with van der Waals surface area (Å²) < 4.78 is 26.8. The lowest BCUT2D eigenvalue weighted by Crippen LogP contribution is -2.27. The second-order valence-corrected chi connectivity index (χ2v) is 16.1. The smallest absolute Gasteiger partial charge is 0.463 e. The third-order valence-corrected chi connectivity index (χ3v) is 10.2. The van der Waals surface area contributed by atoms with Gasteiger partial charge in [0, 0.05) is 19.4 Å². The highest BCUT2D eigenvalue weighted by atomic mass is 31.2. The highest BCUT2D eigenvalue weighted by Gasteiger charge is 2.23. The second-order valence-electron chi connectivity index (χ2n) is 14.7. The zero-order valence-electron chi connectivity index (χ0n) is 35.1. The molecule has 0 fully saturated rings. The number of hydrogen-bond acceptors (Lipinski definition) is 7. The maximum Gasteiger partial charge on any atom is 0.472 e. The number of rotatable bonds is 41. The molecule has 0 spiro atoms. The number of allylic oxidation sites excluding steroid dienone is 8. The van der Waals surface area contributed by atoms with E-state index in [1.807, 2.05) is 0 Å². The maximum atomic E-state index is 12.1. The molecule has 0 saturated heterocycles. The lowest BCUT2D eigenvalue weighted by atomic mass is 10.0. The van der Waals surface area contributed by atoms with Crippen molar-refractivity contribution in [2.24, 2.45) is 0 Å². The van der Waals surface area contributed by atoms with Crippen molar-refractivity contribution in [3.63, 3.8) is 0 Å². The van der Waals surface area contributed by atoms with E-state index < -0.39 is 26.5 Å². The summed E-state index contributed by atoms with van der Waals surface area (Å²) in [5.74, 6) is -0.533. The van der Waals surface area contributed by atoms with E-state index in [0.29, 0.717) is 6.42 Å². The van der Waals surface area contributed by atoms with Crippen LogP contribution in [0.3, 0.4) is 0 Å². The number of phosphoric acid groups is 1. The Bertz CT molecular complexity index is 1040. The first-order valence-electron chi connectivity index (χ1n) is 22.1. The standard InChI is InChI=1S/C45H82NO8P/c1-3-5-7-9-11-13-15-17-18-19-20-21-22-23-24-26-27-29-31-33-35-37-44(48)46-39-40-53-55(50,51)54-42-43(47)41-52-45(49)38-36-34-32-30-28-25-16-14-12-10-8-6-4-2/h8,10-11,13-14,16-18,43,47H,3-7,9,12,15,19-42H2,1-2H3,(H,46,48)(H,50,51)/b10-8-,13-11-,16-14-,18-17-. The Kier molecular flexibility index (Phi) is 40.1. The van der Waals surface area contributed by atoms with Gasteiger partial charge in [-0.25, -0.2) is 4.57 Å². The first-order valence-corrected chi connectivity index (χ1v) is 23.6. The molecular formula is C45H82NO8P. The van der Waals surface area contributed by atoms with Crippen LogP contribution < -0.4 is 5.32 Å². The molecule has 0 aromatic carbocycles. The molecule has 9 nitrogen and oxygen atoms in total. The molecule has 0 heterocycles. The van der Waals surface area contributed by atoms with E-state index >= 15 is 0 Å². The summed E-state index contributed by atoms with van der Waals surface area (Å²) in [6, 6.07) is 0. The van der Waals surface area contributed by atoms with E-state index in [0.717, 1.165) is 77.0 Å². The van der Waals surface area contributed by atoms with Crippen LogP contribution >= 0.6 is 7.82 Å². The average Bonchev–Trinajstić information content (AvgIpc) is 3.17. The van der Waals surface area contributed by atoms with Gasteiger partial charge in [-0.3, -0.25) is 18.6 Å². The van der Waals surface area contributed by atoms with Gasteiger partial charge < -0.3 is 20.1 Å². The number of aliphatic hydroxyl groups excluding tert-OH is 1. The van der Waals surface area contributed by atoms with E-state index in [-0.39, 0.29) is 32.1 Å². The Balaban J connectivity index is 3.59. The molecule has 0 aromatic heterocycles. The molecule has 10 heteroatoms. The number of unbranched alkanes of at least 4 members (excludes halogenated alkanes) is 20. The Morgan fingerprint density at radius 1 is 0.564 bits per heavy atom. The fraction of sp³-hybridized carbons (Fsp3) is 0.778. The molecule has 0 aliphatic heterocycles. The molecule has 2 atom stereocenters. The van der Waals surface area contributed by atoms with Gasteiger partial charge in [0.15, 0.2) is 0 Å². The van der Waals surface area contributed by atoms with Crippen molar-refractivity contribution in [1.29, 1.82) is 0 Å². The third kappa shape index (κ3) is 42.9. The van der Waals surface area contributed by atoms with Crippen LogP contribution in [0, 0.1) is 0 Å². The predicted octanol–water partition coefficient (Wildman–Crippen LogP) is 12.3. The number of phosphoric ester groups is 1. The fourth-order valence-corrected chi connectivity index (χ4v) is 6.62. The minimum absolute atomic E-state index is 0.0779. The zero-order chi connectivity index (χ0) is 40.3. The average molecular weight is 796 g/mol. The number of aliphatic hydroxyl groups is 1. The van der Waals surface area contributed by atoms with Crippen LogP contribution in [0.4, 0.5) is 0 Å². The maximum absolute atomic E-state index is 12.1. The van der Waals surface area contributed by atoms with Gasteiger partial charge in [0.2, 0.25) is 5.91 Å². The lowest BCUT2D eigenvalue weighted by molar-refractivity contribution is -0.147. The number of carbonyl (C=O) groups excluding carboxylic acids is 2. The van der Waals surface area contributed by atoms with E-state index in [9.17, 15) is 24.2 Å². The molecule has 0 aliphatic carbocycles. The monoisotopic (exact) mass is 796 g/mol. The van der Waals surface area contributed by atoms with Gasteiger partial charge in [-0.2, -0.15) is 0 Å². The molecule has 0 saturated carbocycles. The van der Waals surface area contributed by atoms with Gasteiger partial charge >= 0.3 is 13.8 Å². The van der Waals surface area contributed by atoms with Crippen LogP contribution in [0.15, 0.2) is 48.6 Å². The molecule has 0 rings (SSSR count). The van der Waals surface area contributed by atoms with Gasteiger partial charge in [-0.15, -0.1) is 0 Å². The van der Waals surface area contributed by atoms with Crippen molar-refractivity contribution in [2.45, 2.75) is 200 Å². The number of amides is 1. The minimum atomic E-state index is -4.42. The molecule has 55 heavy (non-hydrogen) atoms. The SMILES string of the molecule is CCC/C=C\C/C=C\CCCCCCCC(=O)OCC(O)COP(=O)(O)OCCNC(=O)CCCCCCCCCCCCC/C=C\C/C=C\CCCCC. The van der Waals surface area contributed by atoms with Crippen molar-refractivity contribution in [3.8, 4) is 0 Å². The number of nitrogens with one attached hydrogen (secondary N) is 1. The Morgan fingerprint density at radius 2 is 1.02 bits per heavy atom. The summed E-state index contributed by atoms with van der Waals surface area (Å²) in [6.45, 7) is 3.45. The van der Waals surface area contributed by atoms with Gasteiger partial charge in [0.05, 0.1) is 13.2 Å². The molecule has 2 unspecified atom stereocenters. The van der Waals surface area contributed by atoms with Gasteiger partial charge in [0.1, 0.15) is 12.7 Å². The van der Waals surface area contributed by atoms with Crippen LogP contribution in [-0.2, 0) is 27.9 Å². The first-order chi connectivity index (χ1) is 26.8. The van der Waals surface area contributed by atoms with Crippen LogP contribution in [0.5, 0.6) is 0 Å². The molecule has 0 bridgehead atoms. The summed E-state index contributed by atoms with van der Waals surface area (Å²) in [5, 5.41) is 12.7. The number of ether oxygens (including phenoxy) is 1. The number of hydrogen-bond donors (Lipinski definition) is 3. The summed E-state index contributed by atoms with van der Waals surface area (Å²) in [4.78, 5) is 33.9. The molecule has 0 aromatic rings. The summed E-state index contributed by atoms with van der Waals surface area (Å²) >= 11 is 0. The van der Waals surface area contributed by atoms with Gasteiger partial charge in [0.25, 0.3) is 0 Å². The highest BCUT2D eigenvalue weighted by molar-refractivity contribution is 7.47. The highest BCUT2D eigenvalue weighted by Crippen LogP contribution is 2.42. The third-order valence-electron chi connectivity index (χ3n) is 9.21. The topological polar surface area (TPSA) is 131 Å². The van der Waals surface area contributed by atoms with E-state index in [2.05, 4.69) is 67.8 Å². The number of esters is 1. The van der Waals surface area contributed by atoms with E-state index in [4.69, 9.17) is 13.8 Å². The molecule has 320 valence electrons. The number of carbonyl (C=O) groups is 2. The van der Waals surface area contributed by atoms with Crippen LogP contribution in [0.1, 0.15) is 194 Å². The summed E-state index contributed by atoms with van der Waals surface area (Å²) in [6.07, 6.45) is 47.6. The van der Waals surface area contributed by atoms with Gasteiger partial charge in [-0.1, -0.05) is 159 Å². The Hall–Kier alpha value is -2.03. The van der Waals surface area contributed by atoms with Crippen LogP contribution in [0.25, 0.3) is 0 Å². The summed E-state index contributed by atoms with van der Waals surface area (Å²) in [7, 11) is -4.42. The Morgan fingerprint density at radius 3 is 1.53 bits per heavy atom. The Labute approximate surface area is 336 Å². The predicted molar refractivity (Wildman–Crippen MR) is 229 cm³/mol. The minimum Gasteiger partial charge on any atom is -0.463 e. The second kappa shape index (κ2) is 41.6. The van der Waals surface area contributed by atoms with E-state index in [1.54, 1.807) is 0 Å². The van der Waals surface area contributed by atoms with Crippen molar-refractivity contribution in [3.05, 3.63) is 48.6 Å². The quantitative estimate of drug-likeness (QED) is 0.0241. The molecular weight excluding hydrogens is 713 g/mol. The lowest BCUT2D eigenvalue weighted by Gasteiger charge is -2.15.